The van der Waals surface area contributed by atoms with Crippen LogP contribution in [0.3, 0.4) is 0 Å². The summed E-state index contributed by atoms with van der Waals surface area (Å²) in [6, 6.07) is 5.05. The molecule has 2 N–H and O–H groups in total. The van der Waals surface area contributed by atoms with Crippen LogP contribution in [0.4, 0.5) is 10.8 Å². The number of hydrogen-bond donors (Lipinski definition) is 2. The third kappa shape index (κ3) is 3.82. The second-order valence-corrected chi connectivity index (χ2v) is 6.70. The molecule has 24 heavy (non-hydrogen) atoms. The minimum Gasteiger partial charge on any atom is -0.378 e. The summed E-state index contributed by atoms with van der Waals surface area (Å²) < 4.78 is 6.38. The van der Waals surface area contributed by atoms with Gasteiger partial charge in [0.15, 0.2) is 5.13 Å². The molecule has 1 aliphatic rings. The highest BCUT2D eigenvalue weighted by Crippen LogP contribution is 2.31. The van der Waals surface area contributed by atoms with Gasteiger partial charge in [-0.2, -0.15) is 0 Å². The Morgan fingerprint density at radius 2 is 2.08 bits per heavy atom. The highest BCUT2D eigenvalue weighted by molar-refractivity contribution is 7.22. The number of rotatable bonds is 4. The summed E-state index contributed by atoms with van der Waals surface area (Å²) in [6.07, 6.45) is 0. The van der Waals surface area contributed by atoms with Gasteiger partial charge in [-0.3, -0.25) is 9.59 Å². The Kier molecular flexibility index (Phi) is 4.96. The maximum Gasteiger partial charge on any atom is 0.246 e. The van der Waals surface area contributed by atoms with Crippen LogP contribution in [0, 0.1) is 0 Å². The number of amides is 2. The Balaban J connectivity index is 1.73. The van der Waals surface area contributed by atoms with Crippen molar-refractivity contribution in [1.29, 1.82) is 0 Å². The third-order valence-corrected chi connectivity index (χ3v) is 4.82. The number of carbonyl (C=O) groups excluding carboxylic acids is 2. The molecule has 0 unspecified atom stereocenters. The zero-order valence-electron chi connectivity index (χ0n) is 13.7. The Bertz CT molecular complexity index is 755. The van der Waals surface area contributed by atoms with Crippen molar-refractivity contribution in [3.63, 3.8) is 0 Å². The summed E-state index contributed by atoms with van der Waals surface area (Å²) in [5.41, 5.74) is 1.61. The smallest absolute Gasteiger partial charge is 0.246 e. The van der Waals surface area contributed by atoms with E-state index >= 15 is 0 Å². The summed E-state index contributed by atoms with van der Waals surface area (Å²) in [4.78, 5) is 30.0. The van der Waals surface area contributed by atoms with Crippen molar-refractivity contribution in [1.82, 2.24) is 10.3 Å². The number of nitrogens with zero attached hydrogens (tertiary/aromatic N) is 2. The highest BCUT2D eigenvalue weighted by Gasteiger charge is 2.17. The lowest BCUT2D eigenvalue weighted by Gasteiger charge is -2.25. The van der Waals surface area contributed by atoms with E-state index in [1.54, 1.807) is 18.3 Å². The predicted molar refractivity (Wildman–Crippen MR) is 94.6 cm³/mol. The molecule has 0 aliphatic carbocycles. The molecule has 1 fully saturated rings. The zero-order chi connectivity index (χ0) is 17.1. The number of aromatic nitrogens is 1. The van der Waals surface area contributed by atoms with Crippen molar-refractivity contribution in [3.8, 4) is 0 Å². The monoisotopic (exact) mass is 348 g/mol. The van der Waals surface area contributed by atoms with Gasteiger partial charge in [-0.1, -0.05) is 11.3 Å². The Morgan fingerprint density at radius 1 is 1.33 bits per heavy atom. The molecule has 3 rings (SSSR count). The molecule has 1 aromatic carbocycles. The normalized spacial score (nSPS) is 16.0. The number of ether oxygens (including phenoxy) is 1. The molecule has 2 heterocycles. The quantitative estimate of drug-likeness (QED) is 0.877. The topological polar surface area (TPSA) is 83.6 Å². The molecule has 1 aliphatic heterocycles. The first-order valence-corrected chi connectivity index (χ1v) is 8.66. The molecule has 0 spiro atoms. The van der Waals surface area contributed by atoms with Gasteiger partial charge < -0.3 is 20.3 Å². The summed E-state index contributed by atoms with van der Waals surface area (Å²) in [7, 11) is 0. The van der Waals surface area contributed by atoms with Crippen LogP contribution in [0.2, 0.25) is 0 Å². The van der Waals surface area contributed by atoms with Gasteiger partial charge in [0.05, 0.1) is 23.4 Å². The first-order chi connectivity index (χ1) is 11.5. The van der Waals surface area contributed by atoms with Crippen LogP contribution in [-0.4, -0.2) is 49.1 Å². The maximum absolute atomic E-state index is 12.1. The minimum absolute atomic E-state index is 0.231. The Morgan fingerprint density at radius 3 is 2.79 bits per heavy atom. The lowest BCUT2D eigenvalue weighted by molar-refractivity contribution is -0.124. The average Bonchev–Trinajstić information content (AvgIpc) is 2.98. The molecule has 7 nitrogen and oxygen atoms in total. The largest absolute Gasteiger partial charge is 0.378 e. The van der Waals surface area contributed by atoms with E-state index in [0.29, 0.717) is 5.69 Å². The summed E-state index contributed by atoms with van der Waals surface area (Å²) in [5.74, 6) is -0.479. The molecule has 1 atom stereocenters. The SMILES string of the molecule is CC(=O)N[C@H](C)C(=O)Nc1ccc2nc(N3CCOCC3)sc2c1. The van der Waals surface area contributed by atoms with Gasteiger partial charge in [0.1, 0.15) is 6.04 Å². The molecule has 0 radical (unpaired) electrons. The second-order valence-electron chi connectivity index (χ2n) is 5.69. The van der Waals surface area contributed by atoms with Crippen LogP contribution < -0.4 is 15.5 Å². The number of fused-ring (bicyclic) bond motifs is 1. The number of thiazole rings is 1. The number of benzene rings is 1. The third-order valence-electron chi connectivity index (χ3n) is 3.74. The minimum atomic E-state index is -0.580. The van der Waals surface area contributed by atoms with Gasteiger partial charge in [0, 0.05) is 25.7 Å². The van der Waals surface area contributed by atoms with E-state index in [1.165, 1.54) is 6.92 Å². The second kappa shape index (κ2) is 7.14. The van der Waals surface area contributed by atoms with E-state index in [4.69, 9.17) is 4.74 Å². The first kappa shape index (κ1) is 16.7. The van der Waals surface area contributed by atoms with Crippen molar-refractivity contribution < 1.29 is 14.3 Å². The molecule has 2 amide bonds. The van der Waals surface area contributed by atoms with Crippen molar-refractivity contribution in [3.05, 3.63) is 18.2 Å². The number of carbonyl (C=O) groups is 2. The number of nitrogens with one attached hydrogen (secondary N) is 2. The molecule has 1 saturated heterocycles. The predicted octanol–water partition coefficient (Wildman–Crippen LogP) is 1.60. The van der Waals surface area contributed by atoms with Gasteiger partial charge in [-0.25, -0.2) is 4.98 Å². The lowest BCUT2D eigenvalue weighted by atomic mass is 10.2. The molecular weight excluding hydrogens is 328 g/mol. The average molecular weight is 348 g/mol. The van der Waals surface area contributed by atoms with Crippen LogP contribution in [0.15, 0.2) is 18.2 Å². The number of morpholine rings is 1. The fourth-order valence-corrected chi connectivity index (χ4v) is 3.56. The maximum atomic E-state index is 12.1. The van der Waals surface area contributed by atoms with Gasteiger partial charge in [0.25, 0.3) is 0 Å². The fraction of sp³-hybridized carbons (Fsp3) is 0.438. The van der Waals surface area contributed by atoms with Crippen LogP contribution in [0.25, 0.3) is 10.2 Å². The fourth-order valence-electron chi connectivity index (χ4n) is 2.50. The summed E-state index contributed by atoms with van der Waals surface area (Å²) in [5, 5.41) is 6.36. The highest BCUT2D eigenvalue weighted by atomic mass is 32.1. The van der Waals surface area contributed by atoms with E-state index in [2.05, 4.69) is 20.5 Å². The molecule has 8 heteroatoms. The Hall–Kier alpha value is -2.19. The number of anilines is 2. The molecule has 1 aromatic heterocycles. The molecule has 128 valence electrons. The summed E-state index contributed by atoms with van der Waals surface area (Å²) >= 11 is 1.60. The summed E-state index contributed by atoms with van der Waals surface area (Å²) in [6.45, 7) is 6.17. The molecular formula is C16H20N4O3S. The molecule has 0 bridgehead atoms. The first-order valence-electron chi connectivity index (χ1n) is 7.84. The van der Waals surface area contributed by atoms with Crippen LogP contribution in [0.1, 0.15) is 13.8 Å². The van der Waals surface area contributed by atoms with E-state index in [0.717, 1.165) is 41.7 Å². The molecule has 2 aromatic rings. The van der Waals surface area contributed by atoms with E-state index in [9.17, 15) is 9.59 Å². The van der Waals surface area contributed by atoms with Gasteiger partial charge >= 0.3 is 0 Å². The van der Waals surface area contributed by atoms with E-state index in [-0.39, 0.29) is 11.8 Å². The van der Waals surface area contributed by atoms with Crippen molar-refractivity contribution >= 4 is 44.2 Å². The van der Waals surface area contributed by atoms with Crippen molar-refractivity contribution in [2.24, 2.45) is 0 Å². The van der Waals surface area contributed by atoms with E-state index in [1.807, 2.05) is 18.2 Å². The van der Waals surface area contributed by atoms with Gasteiger partial charge in [-0.05, 0) is 25.1 Å². The van der Waals surface area contributed by atoms with Crippen molar-refractivity contribution in [2.45, 2.75) is 19.9 Å². The zero-order valence-corrected chi connectivity index (χ0v) is 14.5. The van der Waals surface area contributed by atoms with E-state index < -0.39 is 6.04 Å². The van der Waals surface area contributed by atoms with Crippen LogP contribution in [0.5, 0.6) is 0 Å². The van der Waals surface area contributed by atoms with Gasteiger partial charge in [-0.15, -0.1) is 0 Å². The van der Waals surface area contributed by atoms with Crippen molar-refractivity contribution in [2.75, 3.05) is 36.5 Å². The Labute approximate surface area is 144 Å². The standard InChI is InChI=1S/C16H20N4O3S/c1-10(17-11(2)21)15(22)18-12-3-4-13-14(9-12)24-16(19-13)20-5-7-23-8-6-20/h3-4,9-10H,5-8H2,1-2H3,(H,17,21)(H,18,22)/t10-/m1/s1. The van der Waals surface area contributed by atoms with Crippen LogP contribution in [-0.2, 0) is 14.3 Å². The lowest BCUT2D eigenvalue weighted by Crippen LogP contribution is -2.40. The van der Waals surface area contributed by atoms with Crippen LogP contribution >= 0.6 is 11.3 Å². The van der Waals surface area contributed by atoms with Gasteiger partial charge in [0.2, 0.25) is 11.8 Å². The molecule has 0 saturated carbocycles. The number of hydrogen-bond acceptors (Lipinski definition) is 6.